The van der Waals surface area contributed by atoms with E-state index in [9.17, 15) is 0 Å². The molecule has 0 heterocycles. The molecule has 0 saturated heterocycles. The van der Waals surface area contributed by atoms with E-state index in [2.05, 4.69) is 36.5 Å². The maximum absolute atomic E-state index is 3.24. The fourth-order valence-corrected chi connectivity index (χ4v) is 1.96. The van der Waals surface area contributed by atoms with Gasteiger partial charge in [-0.1, -0.05) is 29.8 Å². The van der Waals surface area contributed by atoms with Gasteiger partial charge in [-0.05, 0) is 44.3 Å². The quantitative estimate of drug-likeness (QED) is 0.743. The highest BCUT2D eigenvalue weighted by Gasteiger charge is 2.37. The maximum Gasteiger partial charge on any atom is -0.00175 e. The van der Waals surface area contributed by atoms with E-state index >= 15 is 0 Å². The van der Waals surface area contributed by atoms with Gasteiger partial charge in [0, 0.05) is 0 Å². The van der Waals surface area contributed by atoms with Crippen molar-refractivity contribution in [1.29, 1.82) is 0 Å². The molecule has 1 saturated carbocycles. The molecule has 70 valence electrons. The maximum atomic E-state index is 3.24. The molecule has 1 heteroatoms. The molecule has 0 radical (unpaired) electrons. The zero-order chi connectivity index (χ0) is 9.26. The van der Waals surface area contributed by atoms with Crippen LogP contribution in [-0.2, 0) is 0 Å². The zero-order valence-corrected chi connectivity index (χ0v) is 8.38. The van der Waals surface area contributed by atoms with Gasteiger partial charge in [0.2, 0.25) is 0 Å². The van der Waals surface area contributed by atoms with Crippen molar-refractivity contribution in [3.63, 3.8) is 0 Å². The van der Waals surface area contributed by atoms with Crippen LogP contribution in [-0.4, -0.2) is 13.6 Å². The molecule has 2 rings (SSSR count). The molecule has 0 aliphatic heterocycles. The lowest BCUT2D eigenvalue weighted by molar-refractivity contribution is 0.698. The van der Waals surface area contributed by atoms with Crippen molar-refractivity contribution >= 4 is 0 Å². The molecule has 1 fully saturated rings. The number of hydrogen-bond donors (Lipinski definition) is 1. The van der Waals surface area contributed by atoms with Crippen molar-refractivity contribution in [2.75, 3.05) is 13.6 Å². The van der Waals surface area contributed by atoms with Crippen LogP contribution in [0.15, 0.2) is 24.3 Å². The predicted octanol–water partition coefficient (Wildman–Crippen LogP) is 2.32. The van der Waals surface area contributed by atoms with Gasteiger partial charge in [0.25, 0.3) is 0 Å². The summed E-state index contributed by atoms with van der Waals surface area (Å²) in [5, 5.41) is 3.24. The Bertz CT molecular complexity index is 276. The molecular weight excluding hydrogens is 158 g/mol. The van der Waals surface area contributed by atoms with Crippen LogP contribution >= 0.6 is 0 Å². The van der Waals surface area contributed by atoms with Crippen LogP contribution in [0.3, 0.4) is 0 Å². The first kappa shape index (κ1) is 8.76. The summed E-state index contributed by atoms with van der Waals surface area (Å²) in [5.41, 5.74) is 2.88. The average molecular weight is 175 g/mol. The van der Waals surface area contributed by atoms with Crippen molar-refractivity contribution in [3.05, 3.63) is 35.4 Å². The predicted molar refractivity (Wildman–Crippen MR) is 56.0 cm³/mol. The largest absolute Gasteiger partial charge is 0.319 e. The van der Waals surface area contributed by atoms with Gasteiger partial charge in [-0.3, -0.25) is 0 Å². The first-order valence-electron chi connectivity index (χ1n) is 5.02. The minimum atomic E-state index is 0.827. The summed E-state index contributed by atoms with van der Waals surface area (Å²) in [6, 6.07) is 8.97. The second kappa shape index (κ2) is 3.51. The Morgan fingerprint density at radius 2 is 2.00 bits per heavy atom. The number of benzene rings is 1. The molecule has 0 aromatic heterocycles. The highest BCUT2D eigenvalue weighted by atomic mass is 14.8. The first-order valence-corrected chi connectivity index (χ1v) is 5.02. The van der Waals surface area contributed by atoms with Gasteiger partial charge in [0.1, 0.15) is 0 Å². The van der Waals surface area contributed by atoms with E-state index in [-0.39, 0.29) is 0 Å². The average Bonchev–Trinajstić information content (AvgIpc) is 2.86. The smallest absolute Gasteiger partial charge is 0.00175 e. The Kier molecular flexibility index (Phi) is 2.36. The lowest BCUT2D eigenvalue weighted by Crippen LogP contribution is -2.10. The Labute approximate surface area is 80.2 Å². The summed E-state index contributed by atoms with van der Waals surface area (Å²) in [6.07, 6.45) is 1.36. The summed E-state index contributed by atoms with van der Waals surface area (Å²) in [6.45, 7) is 3.31. The van der Waals surface area contributed by atoms with Crippen molar-refractivity contribution in [2.45, 2.75) is 19.3 Å². The van der Waals surface area contributed by atoms with Gasteiger partial charge in [0.05, 0.1) is 0 Å². The normalized spacial score (nSPS) is 26.0. The van der Waals surface area contributed by atoms with Crippen LogP contribution in [0, 0.1) is 12.8 Å². The summed E-state index contributed by atoms with van der Waals surface area (Å²) >= 11 is 0. The highest BCUT2D eigenvalue weighted by molar-refractivity contribution is 5.28. The Balaban J connectivity index is 2.00. The number of aryl methyl sites for hydroxylation is 1. The molecule has 0 spiro atoms. The molecule has 1 aliphatic carbocycles. The fraction of sp³-hybridized carbons (Fsp3) is 0.500. The molecule has 1 nitrogen and oxygen atoms in total. The number of hydrogen-bond acceptors (Lipinski definition) is 1. The van der Waals surface area contributed by atoms with Crippen molar-refractivity contribution in [2.24, 2.45) is 5.92 Å². The van der Waals surface area contributed by atoms with Crippen LogP contribution in [0.25, 0.3) is 0 Å². The molecular formula is C12H17N. The first-order chi connectivity index (χ1) is 6.31. The van der Waals surface area contributed by atoms with Gasteiger partial charge in [-0.25, -0.2) is 0 Å². The van der Waals surface area contributed by atoms with Crippen molar-refractivity contribution in [3.8, 4) is 0 Å². The molecule has 1 N–H and O–H groups in total. The minimum Gasteiger partial charge on any atom is -0.319 e. The third-order valence-electron chi connectivity index (χ3n) is 2.89. The van der Waals surface area contributed by atoms with Crippen molar-refractivity contribution < 1.29 is 0 Å². The molecule has 0 amide bonds. The number of nitrogens with one attached hydrogen (secondary N) is 1. The van der Waals surface area contributed by atoms with Gasteiger partial charge in [-0.15, -0.1) is 0 Å². The van der Waals surface area contributed by atoms with E-state index in [1.54, 1.807) is 0 Å². The molecule has 13 heavy (non-hydrogen) atoms. The zero-order valence-electron chi connectivity index (χ0n) is 8.38. The van der Waals surface area contributed by atoms with Crippen LogP contribution in [0.1, 0.15) is 23.5 Å². The Morgan fingerprint density at radius 1 is 1.31 bits per heavy atom. The third kappa shape index (κ3) is 1.92. The van der Waals surface area contributed by atoms with E-state index in [4.69, 9.17) is 0 Å². The molecule has 0 bridgehead atoms. The number of rotatable bonds is 3. The summed E-state index contributed by atoms with van der Waals surface area (Å²) in [4.78, 5) is 0. The summed E-state index contributed by atoms with van der Waals surface area (Å²) in [5.74, 6) is 1.71. The topological polar surface area (TPSA) is 12.0 Å². The Morgan fingerprint density at radius 3 is 2.62 bits per heavy atom. The van der Waals surface area contributed by atoms with Crippen molar-refractivity contribution in [1.82, 2.24) is 5.32 Å². The van der Waals surface area contributed by atoms with Gasteiger partial charge < -0.3 is 5.32 Å². The Hall–Kier alpha value is -0.820. The molecule has 1 aromatic carbocycles. The second-order valence-electron chi connectivity index (χ2n) is 4.07. The van der Waals surface area contributed by atoms with E-state index in [1.165, 1.54) is 24.1 Å². The summed E-state index contributed by atoms with van der Waals surface area (Å²) < 4.78 is 0. The van der Waals surface area contributed by atoms with Crippen LogP contribution in [0.5, 0.6) is 0 Å². The monoisotopic (exact) mass is 175 g/mol. The van der Waals surface area contributed by atoms with Gasteiger partial charge in [0.15, 0.2) is 0 Å². The summed E-state index contributed by atoms with van der Waals surface area (Å²) in [7, 11) is 2.03. The molecule has 1 aromatic rings. The van der Waals surface area contributed by atoms with E-state index in [1.807, 2.05) is 7.05 Å². The molecule has 0 unspecified atom stereocenters. The lowest BCUT2D eigenvalue weighted by atomic mass is 10.1. The van der Waals surface area contributed by atoms with Gasteiger partial charge >= 0.3 is 0 Å². The minimum absolute atomic E-state index is 0.827. The highest BCUT2D eigenvalue weighted by Crippen LogP contribution is 2.46. The second-order valence-corrected chi connectivity index (χ2v) is 4.07. The van der Waals surface area contributed by atoms with Gasteiger partial charge in [-0.2, -0.15) is 0 Å². The van der Waals surface area contributed by atoms with Crippen LogP contribution < -0.4 is 5.32 Å². The van der Waals surface area contributed by atoms with E-state index in [0.29, 0.717) is 0 Å². The SMILES string of the molecule is CNC[C@H]1C[C@H]1c1ccc(C)cc1. The van der Waals surface area contributed by atoms with Crippen LogP contribution in [0.4, 0.5) is 0 Å². The van der Waals surface area contributed by atoms with Crippen LogP contribution in [0.2, 0.25) is 0 Å². The van der Waals surface area contributed by atoms with E-state index in [0.717, 1.165) is 11.8 Å². The lowest BCUT2D eigenvalue weighted by Gasteiger charge is -2.00. The standard InChI is InChI=1S/C12H17N/c1-9-3-5-10(6-4-9)12-7-11(12)8-13-2/h3-6,11-13H,7-8H2,1-2H3/t11-,12+/m1/s1. The van der Waals surface area contributed by atoms with E-state index < -0.39 is 0 Å². The third-order valence-corrected chi connectivity index (χ3v) is 2.89. The molecule has 2 atom stereocenters. The fourth-order valence-electron chi connectivity index (χ4n) is 1.96. The molecule has 1 aliphatic rings.